The molecule has 11 heavy (non-hydrogen) atoms. The van der Waals surface area contributed by atoms with E-state index in [-0.39, 0.29) is 5.54 Å². The van der Waals surface area contributed by atoms with Crippen molar-refractivity contribution in [1.82, 2.24) is 4.90 Å². The van der Waals surface area contributed by atoms with Gasteiger partial charge < -0.3 is 4.90 Å². The van der Waals surface area contributed by atoms with E-state index in [2.05, 4.69) is 42.9 Å². The quantitative estimate of drug-likeness (QED) is 0.476. The average Bonchev–Trinajstić information content (AvgIpc) is 2.53. The van der Waals surface area contributed by atoms with Gasteiger partial charge >= 0.3 is 0 Å². The lowest BCUT2D eigenvalue weighted by Crippen LogP contribution is -2.06. The highest BCUT2D eigenvalue weighted by molar-refractivity contribution is 6.08. The van der Waals surface area contributed by atoms with Crippen LogP contribution < -0.4 is 0 Å². The maximum atomic E-state index is 4.35. The molecule has 2 heterocycles. The highest BCUT2D eigenvalue weighted by atomic mass is 15.4. The van der Waals surface area contributed by atoms with Crippen molar-refractivity contribution in [3.05, 3.63) is 23.9 Å². The molecule has 0 aromatic rings. The maximum Gasteiger partial charge on any atom is 0.135 e. The number of aliphatic imine (C=N–C) groups is 1. The van der Waals surface area contributed by atoms with Crippen molar-refractivity contribution < 1.29 is 0 Å². The molecule has 0 aromatic heterocycles. The molecule has 2 aliphatic heterocycles. The summed E-state index contributed by atoms with van der Waals surface area (Å²) in [6.07, 6.45) is 6.24. The second-order valence-corrected chi connectivity index (χ2v) is 3.37. The van der Waals surface area contributed by atoms with E-state index in [9.17, 15) is 0 Å². The Kier molecular flexibility index (Phi) is 1.06. The van der Waals surface area contributed by atoms with Gasteiger partial charge in [0.1, 0.15) is 11.4 Å². The highest BCUT2D eigenvalue weighted by Gasteiger charge is 2.51. The first-order valence-corrected chi connectivity index (χ1v) is 3.83. The van der Waals surface area contributed by atoms with Gasteiger partial charge in [-0.2, -0.15) is 0 Å². The molecule has 2 heteroatoms. The molecular weight excluding hydrogens is 136 g/mol. The van der Waals surface area contributed by atoms with E-state index < -0.39 is 0 Å². The van der Waals surface area contributed by atoms with Gasteiger partial charge in [-0.1, -0.05) is 12.2 Å². The monoisotopic (exact) mass is 148 g/mol. The van der Waals surface area contributed by atoms with Crippen molar-refractivity contribution in [3.8, 4) is 0 Å². The summed E-state index contributed by atoms with van der Waals surface area (Å²) in [6, 6.07) is 0. The number of hydrogen-bond acceptors (Lipinski definition) is 2. The van der Waals surface area contributed by atoms with E-state index in [0.717, 1.165) is 0 Å². The van der Waals surface area contributed by atoms with E-state index in [1.165, 1.54) is 11.4 Å². The fraction of sp³-hybridized carbons (Fsp3) is 0.444. The third kappa shape index (κ3) is 0.754. The van der Waals surface area contributed by atoms with Crippen molar-refractivity contribution >= 4 is 5.84 Å². The molecule has 1 fully saturated rings. The fourth-order valence-electron chi connectivity index (χ4n) is 1.37. The van der Waals surface area contributed by atoms with Crippen LogP contribution in [0, 0.1) is 0 Å². The molecule has 1 saturated heterocycles. The lowest BCUT2D eigenvalue weighted by Gasteiger charge is -1.98. The molecule has 0 bridgehead atoms. The summed E-state index contributed by atoms with van der Waals surface area (Å²) in [5.41, 5.74) is 1.34. The van der Waals surface area contributed by atoms with Gasteiger partial charge in [0.15, 0.2) is 0 Å². The predicted octanol–water partition coefficient (Wildman–Crippen LogP) is 1.56. The molecule has 58 valence electrons. The van der Waals surface area contributed by atoms with Gasteiger partial charge in [0.25, 0.3) is 0 Å². The maximum absolute atomic E-state index is 4.35. The van der Waals surface area contributed by atoms with E-state index in [1.807, 2.05) is 6.20 Å². The van der Waals surface area contributed by atoms with E-state index >= 15 is 0 Å². The number of nitrogens with zero attached hydrogens (tertiary/aromatic N) is 2. The number of hydrogen-bond donors (Lipinski definition) is 0. The Balaban J connectivity index is 2.41. The zero-order valence-corrected chi connectivity index (χ0v) is 7.13. The molecule has 0 aromatic carbocycles. The summed E-state index contributed by atoms with van der Waals surface area (Å²) in [7, 11) is 2.07. The van der Waals surface area contributed by atoms with Crippen LogP contribution in [-0.2, 0) is 0 Å². The van der Waals surface area contributed by atoms with Crippen LogP contribution in [-0.4, -0.2) is 23.3 Å². The van der Waals surface area contributed by atoms with E-state index in [4.69, 9.17) is 0 Å². The first-order valence-electron chi connectivity index (χ1n) is 3.83. The normalized spacial score (nSPS) is 33.9. The molecular formula is C9H12N2. The Labute approximate surface area is 66.9 Å². The molecule has 0 N–H and O–H groups in total. The van der Waals surface area contributed by atoms with Gasteiger partial charge in [-0.15, -0.1) is 0 Å². The van der Waals surface area contributed by atoms with Gasteiger partial charge in [-0.05, 0) is 19.4 Å². The summed E-state index contributed by atoms with van der Waals surface area (Å²) in [5, 5.41) is 0. The number of likely N-dealkylation sites (N-methyl/N-ethyl adjacent to an activating group) is 1. The van der Waals surface area contributed by atoms with Crippen LogP contribution in [0.3, 0.4) is 0 Å². The lowest BCUT2D eigenvalue weighted by atomic mass is 10.1. The zero-order chi connectivity index (χ0) is 8.06. The molecule has 0 saturated carbocycles. The average molecular weight is 148 g/mol. The van der Waals surface area contributed by atoms with Crippen LogP contribution in [0.5, 0.6) is 0 Å². The molecule has 2 aliphatic rings. The van der Waals surface area contributed by atoms with Gasteiger partial charge in [-0.25, -0.2) is 4.99 Å². The molecule has 2 rings (SSSR count). The van der Waals surface area contributed by atoms with Crippen LogP contribution in [0.4, 0.5) is 0 Å². The Bertz CT molecular complexity index is 286. The minimum Gasteiger partial charge on any atom is -0.345 e. The smallest absolute Gasteiger partial charge is 0.135 e. The standard InChI is InChI=1S/C9H12N2/c1-7-4-5-9(2)8(10-6-7)11(9)3/h4-6H,1-3H3. The number of amidine groups is 1. The molecule has 1 unspecified atom stereocenters. The Morgan fingerprint density at radius 1 is 1.55 bits per heavy atom. The summed E-state index contributed by atoms with van der Waals surface area (Å²) in [5.74, 6) is 1.17. The van der Waals surface area contributed by atoms with Crippen molar-refractivity contribution in [3.63, 3.8) is 0 Å². The molecule has 0 amide bonds. The zero-order valence-electron chi connectivity index (χ0n) is 7.13. The van der Waals surface area contributed by atoms with Gasteiger partial charge in [0.05, 0.1) is 0 Å². The van der Waals surface area contributed by atoms with Crippen LogP contribution >= 0.6 is 0 Å². The highest BCUT2D eigenvalue weighted by Crippen LogP contribution is 2.36. The predicted molar refractivity (Wildman–Crippen MR) is 46.5 cm³/mol. The molecule has 2 nitrogen and oxygen atoms in total. The Hall–Kier alpha value is -1.05. The molecule has 0 aliphatic carbocycles. The van der Waals surface area contributed by atoms with E-state index in [1.54, 1.807) is 0 Å². The van der Waals surface area contributed by atoms with Gasteiger partial charge in [-0.3, -0.25) is 0 Å². The van der Waals surface area contributed by atoms with E-state index in [0.29, 0.717) is 0 Å². The van der Waals surface area contributed by atoms with Crippen molar-refractivity contribution in [1.29, 1.82) is 0 Å². The minimum atomic E-state index is 0.119. The number of fused-ring (bicyclic) bond motifs is 1. The SMILES string of the molecule is CC1=CN=C2N(C)C2(C)C=C1. The third-order valence-electron chi connectivity index (χ3n) is 2.48. The van der Waals surface area contributed by atoms with Crippen molar-refractivity contribution in [2.45, 2.75) is 19.4 Å². The molecule has 0 radical (unpaired) electrons. The first-order chi connectivity index (χ1) is 5.14. The fourth-order valence-corrected chi connectivity index (χ4v) is 1.37. The largest absolute Gasteiger partial charge is 0.345 e. The Morgan fingerprint density at radius 3 is 3.00 bits per heavy atom. The lowest BCUT2D eigenvalue weighted by molar-refractivity contribution is 0.578. The minimum absolute atomic E-state index is 0.119. The van der Waals surface area contributed by atoms with Crippen LogP contribution in [0.1, 0.15) is 13.8 Å². The summed E-state index contributed by atoms with van der Waals surface area (Å²) in [4.78, 5) is 6.52. The van der Waals surface area contributed by atoms with Crippen molar-refractivity contribution in [2.24, 2.45) is 4.99 Å². The summed E-state index contributed by atoms with van der Waals surface area (Å²) < 4.78 is 0. The molecule has 1 atom stereocenters. The Morgan fingerprint density at radius 2 is 2.27 bits per heavy atom. The van der Waals surface area contributed by atoms with Gasteiger partial charge in [0.2, 0.25) is 0 Å². The van der Waals surface area contributed by atoms with Crippen molar-refractivity contribution in [2.75, 3.05) is 7.05 Å². The second kappa shape index (κ2) is 1.76. The summed E-state index contributed by atoms with van der Waals surface area (Å²) in [6.45, 7) is 4.24. The third-order valence-corrected chi connectivity index (χ3v) is 2.48. The van der Waals surface area contributed by atoms with Crippen LogP contribution in [0.25, 0.3) is 0 Å². The number of allylic oxidation sites excluding steroid dienone is 2. The topological polar surface area (TPSA) is 15.4 Å². The van der Waals surface area contributed by atoms with Crippen LogP contribution in [0.2, 0.25) is 0 Å². The van der Waals surface area contributed by atoms with Crippen LogP contribution in [0.15, 0.2) is 28.9 Å². The summed E-state index contributed by atoms with van der Waals surface area (Å²) >= 11 is 0. The molecule has 0 spiro atoms. The number of rotatable bonds is 0. The second-order valence-electron chi connectivity index (χ2n) is 3.37. The van der Waals surface area contributed by atoms with Gasteiger partial charge in [0, 0.05) is 13.2 Å². The first kappa shape index (κ1) is 6.65.